The van der Waals surface area contributed by atoms with E-state index in [9.17, 15) is 4.79 Å². The second kappa shape index (κ2) is 8.62. The smallest absolute Gasteiger partial charge is 0.407 e. The van der Waals surface area contributed by atoms with Crippen molar-refractivity contribution >= 4 is 6.09 Å². The Kier molecular flexibility index (Phi) is 7.50. The molecule has 1 atom stereocenters. The molecule has 1 saturated carbocycles. The fraction of sp³-hybridized carbons (Fsp3) is 0.941. The first-order valence-electron chi connectivity index (χ1n) is 8.53. The third kappa shape index (κ3) is 8.30. The Hall–Kier alpha value is -0.770. The largest absolute Gasteiger partial charge is 0.444 e. The molecule has 1 aliphatic rings. The molecule has 0 saturated heterocycles. The van der Waals surface area contributed by atoms with Gasteiger partial charge in [-0.2, -0.15) is 0 Å². The van der Waals surface area contributed by atoms with Gasteiger partial charge in [-0.05, 0) is 58.8 Å². The van der Waals surface area contributed by atoms with Crippen molar-refractivity contribution in [3.05, 3.63) is 0 Å². The van der Waals surface area contributed by atoms with Crippen LogP contribution in [0.25, 0.3) is 0 Å². The maximum absolute atomic E-state index is 11.7. The van der Waals surface area contributed by atoms with Crippen LogP contribution in [-0.4, -0.2) is 30.3 Å². The van der Waals surface area contributed by atoms with Crippen LogP contribution in [0.4, 0.5) is 4.79 Å². The Balaban J connectivity index is 2.34. The summed E-state index contributed by atoms with van der Waals surface area (Å²) in [5.74, 6) is 0.868. The van der Waals surface area contributed by atoms with Gasteiger partial charge in [0.05, 0.1) is 0 Å². The molecule has 0 aromatic rings. The average molecular weight is 298 g/mol. The minimum atomic E-state index is -0.433. The van der Waals surface area contributed by atoms with Gasteiger partial charge in [-0.25, -0.2) is 4.79 Å². The lowest BCUT2D eigenvalue weighted by molar-refractivity contribution is 0.0520. The molecule has 1 aliphatic carbocycles. The van der Waals surface area contributed by atoms with E-state index < -0.39 is 5.60 Å². The van der Waals surface area contributed by atoms with Crippen molar-refractivity contribution in [2.75, 3.05) is 6.54 Å². The van der Waals surface area contributed by atoms with Gasteiger partial charge in [0.2, 0.25) is 0 Å². The first-order valence-corrected chi connectivity index (χ1v) is 8.53. The summed E-state index contributed by atoms with van der Waals surface area (Å²) in [4.78, 5) is 11.7. The van der Waals surface area contributed by atoms with Crippen LogP contribution in [-0.2, 0) is 4.74 Å². The lowest BCUT2D eigenvalue weighted by Gasteiger charge is -2.31. The standard InChI is InChI=1S/C17H34N2O2/c1-6-7-15(12-18-16(20)21-17(3,4)5)19-14-10-8-13(2)9-11-14/h13-15,19H,6-12H2,1-5H3,(H,18,20). The van der Waals surface area contributed by atoms with Crippen LogP contribution < -0.4 is 10.6 Å². The summed E-state index contributed by atoms with van der Waals surface area (Å²) in [5.41, 5.74) is -0.433. The van der Waals surface area contributed by atoms with Crippen LogP contribution in [0.5, 0.6) is 0 Å². The molecule has 0 heterocycles. The lowest BCUT2D eigenvalue weighted by Crippen LogP contribution is -2.47. The monoisotopic (exact) mass is 298 g/mol. The number of ether oxygens (including phenoxy) is 1. The Labute approximate surface area is 130 Å². The summed E-state index contributed by atoms with van der Waals surface area (Å²) in [6.45, 7) is 10.8. The number of nitrogens with one attached hydrogen (secondary N) is 2. The van der Waals surface area contributed by atoms with Crippen LogP contribution >= 0.6 is 0 Å². The van der Waals surface area contributed by atoms with Crippen LogP contribution in [0.15, 0.2) is 0 Å². The third-order valence-electron chi connectivity index (χ3n) is 4.02. The molecule has 1 amide bonds. The molecule has 4 heteroatoms. The second-order valence-corrected chi connectivity index (χ2v) is 7.49. The summed E-state index contributed by atoms with van der Waals surface area (Å²) in [6, 6.07) is 0.958. The molecule has 0 spiro atoms. The summed E-state index contributed by atoms with van der Waals surface area (Å²) < 4.78 is 5.29. The van der Waals surface area contributed by atoms with E-state index in [4.69, 9.17) is 4.74 Å². The van der Waals surface area contributed by atoms with Crippen LogP contribution in [0.3, 0.4) is 0 Å². The maximum atomic E-state index is 11.7. The molecule has 1 unspecified atom stereocenters. The number of hydrogen-bond donors (Lipinski definition) is 2. The number of rotatable bonds is 6. The third-order valence-corrected chi connectivity index (χ3v) is 4.02. The summed E-state index contributed by atoms with van der Waals surface area (Å²) >= 11 is 0. The van der Waals surface area contributed by atoms with E-state index in [1.54, 1.807) is 0 Å². The average Bonchev–Trinajstić information content (AvgIpc) is 2.37. The topological polar surface area (TPSA) is 50.4 Å². The molecular weight excluding hydrogens is 264 g/mol. The number of hydrogen-bond acceptors (Lipinski definition) is 3. The SMILES string of the molecule is CCCC(CNC(=O)OC(C)(C)C)NC1CCC(C)CC1. The highest BCUT2D eigenvalue weighted by molar-refractivity contribution is 5.67. The van der Waals surface area contributed by atoms with E-state index in [-0.39, 0.29) is 6.09 Å². The Morgan fingerprint density at radius 3 is 2.38 bits per heavy atom. The van der Waals surface area contributed by atoms with Gasteiger partial charge in [0.15, 0.2) is 0 Å². The van der Waals surface area contributed by atoms with Gasteiger partial charge in [-0.15, -0.1) is 0 Å². The molecule has 0 aromatic carbocycles. The summed E-state index contributed by atoms with van der Waals surface area (Å²) in [6.07, 6.45) is 7.04. The summed E-state index contributed by atoms with van der Waals surface area (Å²) in [7, 11) is 0. The summed E-state index contributed by atoms with van der Waals surface area (Å²) in [5, 5.41) is 6.62. The molecule has 4 nitrogen and oxygen atoms in total. The fourth-order valence-electron chi connectivity index (χ4n) is 2.87. The zero-order valence-corrected chi connectivity index (χ0v) is 14.5. The van der Waals surface area contributed by atoms with E-state index in [1.165, 1.54) is 25.7 Å². The van der Waals surface area contributed by atoms with Crippen LogP contribution in [0, 0.1) is 5.92 Å². The number of carbonyl (C=O) groups excluding carboxylic acids is 1. The lowest BCUT2D eigenvalue weighted by atomic mass is 9.87. The molecule has 1 fully saturated rings. The molecule has 0 aliphatic heterocycles. The van der Waals surface area contributed by atoms with Crippen molar-refractivity contribution < 1.29 is 9.53 Å². The number of carbonyl (C=O) groups is 1. The molecule has 0 bridgehead atoms. The quantitative estimate of drug-likeness (QED) is 0.783. The van der Waals surface area contributed by atoms with E-state index in [0.29, 0.717) is 18.6 Å². The highest BCUT2D eigenvalue weighted by Crippen LogP contribution is 2.24. The van der Waals surface area contributed by atoms with E-state index in [1.807, 2.05) is 20.8 Å². The highest BCUT2D eigenvalue weighted by atomic mass is 16.6. The Morgan fingerprint density at radius 1 is 1.24 bits per heavy atom. The van der Waals surface area contributed by atoms with Crippen molar-refractivity contribution in [3.63, 3.8) is 0 Å². The van der Waals surface area contributed by atoms with Crippen LogP contribution in [0.1, 0.15) is 73.1 Å². The van der Waals surface area contributed by atoms with Crippen molar-refractivity contribution in [2.45, 2.75) is 90.8 Å². The normalized spacial score (nSPS) is 24.4. The van der Waals surface area contributed by atoms with Gasteiger partial charge in [0, 0.05) is 18.6 Å². The van der Waals surface area contributed by atoms with Gasteiger partial charge < -0.3 is 15.4 Å². The van der Waals surface area contributed by atoms with Crippen molar-refractivity contribution in [3.8, 4) is 0 Å². The van der Waals surface area contributed by atoms with Gasteiger partial charge >= 0.3 is 6.09 Å². The Bertz CT molecular complexity index is 304. The molecule has 2 N–H and O–H groups in total. The molecule has 0 aromatic heterocycles. The highest BCUT2D eigenvalue weighted by Gasteiger charge is 2.22. The van der Waals surface area contributed by atoms with Gasteiger partial charge in [0.25, 0.3) is 0 Å². The minimum absolute atomic E-state index is 0.317. The first-order chi connectivity index (χ1) is 9.80. The number of amides is 1. The minimum Gasteiger partial charge on any atom is -0.444 e. The predicted molar refractivity (Wildman–Crippen MR) is 87.5 cm³/mol. The van der Waals surface area contributed by atoms with E-state index >= 15 is 0 Å². The maximum Gasteiger partial charge on any atom is 0.407 e. The van der Waals surface area contributed by atoms with Gasteiger partial charge in [-0.1, -0.05) is 20.3 Å². The molecule has 21 heavy (non-hydrogen) atoms. The van der Waals surface area contributed by atoms with Gasteiger partial charge in [-0.3, -0.25) is 0 Å². The van der Waals surface area contributed by atoms with Crippen LogP contribution in [0.2, 0.25) is 0 Å². The zero-order valence-electron chi connectivity index (χ0n) is 14.5. The fourth-order valence-corrected chi connectivity index (χ4v) is 2.87. The first kappa shape index (κ1) is 18.3. The van der Waals surface area contributed by atoms with Crippen molar-refractivity contribution in [2.24, 2.45) is 5.92 Å². The van der Waals surface area contributed by atoms with Crippen molar-refractivity contribution in [1.29, 1.82) is 0 Å². The molecular formula is C17H34N2O2. The molecule has 1 rings (SSSR count). The van der Waals surface area contributed by atoms with Gasteiger partial charge in [0.1, 0.15) is 5.60 Å². The zero-order chi connectivity index (χ0) is 15.9. The van der Waals surface area contributed by atoms with Crippen molar-refractivity contribution in [1.82, 2.24) is 10.6 Å². The van der Waals surface area contributed by atoms with E-state index in [0.717, 1.165) is 18.8 Å². The van der Waals surface area contributed by atoms with E-state index in [2.05, 4.69) is 24.5 Å². The molecule has 0 radical (unpaired) electrons. The Morgan fingerprint density at radius 2 is 1.86 bits per heavy atom. The second-order valence-electron chi connectivity index (χ2n) is 7.49. The molecule has 124 valence electrons. The number of alkyl carbamates (subject to hydrolysis) is 1. The predicted octanol–water partition coefficient (Wildman–Crippen LogP) is 3.85.